The second-order valence-electron chi connectivity index (χ2n) is 6.03. The number of benzene rings is 1. The molecule has 0 unspecified atom stereocenters. The van der Waals surface area contributed by atoms with Crippen LogP contribution < -0.4 is 5.32 Å². The van der Waals surface area contributed by atoms with Gasteiger partial charge in [0.05, 0.1) is 23.3 Å². The van der Waals surface area contributed by atoms with Crippen molar-refractivity contribution in [1.29, 1.82) is 0 Å². The van der Waals surface area contributed by atoms with Gasteiger partial charge in [-0.25, -0.2) is 9.97 Å². The van der Waals surface area contributed by atoms with E-state index >= 15 is 0 Å². The van der Waals surface area contributed by atoms with E-state index in [2.05, 4.69) is 45.1 Å². The van der Waals surface area contributed by atoms with Gasteiger partial charge in [-0.15, -0.1) is 0 Å². The highest BCUT2D eigenvalue weighted by atomic mass is 16.3. The quantitative estimate of drug-likeness (QED) is 0.565. The number of para-hydroxylation sites is 2. The molecular formula is C18H20N6O. The number of nitrogens with one attached hydrogen (secondary N) is 2. The van der Waals surface area contributed by atoms with Crippen LogP contribution in [0.25, 0.3) is 22.6 Å². The molecule has 4 rings (SSSR count). The Morgan fingerprint density at radius 2 is 2.08 bits per heavy atom. The van der Waals surface area contributed by atoms with Crippen LogP contribution in [0.15, 0.2) is 47.1 Å². The Morgan fingerprint density at radius 1 is 1.20 bits per heavy atom. The molecule has 7 heteroatoms. The van der Waals surface area contributed by atoms with Gasteiger partial charge in [-0.3, -0.25) is 5.10 Å². The molecule has 0 amide bonds. The molecule has 0 aliphatic heterocycles. The first-order chi connectivity index (χ1) is 12.2. The summed E-state index contributed by atoms with van der Waals surface area (Å²) in [6.45, 7) is 2.90. The zero-order valence-electron chi connectivity index (χ0n) is 14.2. The molecule has 3 heterocycles. The Kier molecular flexibility index (Phi) is 4.07. The molecule has 0 bridgehead atoms. The van der Waals surface area contributed by atoms with Crippen molar-refractivity contribution in [3.63, 3.8) is 0 Å². The first-order valence-electron chi connectivity index (χ1n) is 8.32. The van der Waals surface area contributed by atoms with Crippen LogP contribution in [0.2, 0.25) is 0 Å². The van der Waals surface area contributed by atoms with Crippen LogP contribution >= 0.6 is 0 Å². The highest BCUT2D eigenvalue weighted by molar-refractivity contribution is 5.75. The Bertz CT molecular complexity index is 969. The number of hydrogen-bond donors (Lipinski definition) is 2. The number of rotatable bonds is 6. The van der Waals surface area contributed by atoms with Crippen LogP contribution in [-0.4, -0.2) is 31.3 Å². The molecule has 0 fully saturated rings. The molecule has 3 aromatic heterocycles. The van der Waals surface area contributed by atoms with E-state index in [9.17, 15) is 0 Å². The third-order valence-electron chi connectivity index (χ3n) is 4.29. The molecule has 0 radical (unpaired) electrons. The van der Waals surface area contributed by atoms with Crippen molar-refractivity contribution < 1.29 is 4.42 Å². The topological polar surface area (TPSA) is 84.6 Å². The molecule has 1 atom stereocenters. The lowest BCUT2D eigenvalue weighted by molar-refractivity contribution is 0.532. The van der Waals surface area contributed by atoms with Crippen molar-refractivity contribution in [3.05, 3.63) is 54.3 Å². The SMILES string of the molecule is C[C@@H](NCCc1nc(-c2ccco2)n[nH]1)c1nc2ccccc2n1C. The van der Waals surface area contributed by atoms with E-state index in [1.807, 2.05) is 30.3 Å². The maximum atomic E-state index is 5.30. The summed E-state index contributed by atoms with van der Waals surface area (Å²) in [5, 5.41) is 10.6. The molecule has 0 saturated carbocycles. The van der Waals surface area contributed by atoms with Gasteiger partial charge in [-0.2, -0.15) is 5.10 Å². The van der Waals surface area contributed by atoms with Crippen LogP contribution in [0.3, 0.4) is 0 Å². The summed E-state index contributed by atoms with van der Waals surface area (Å²) in [7, 11) is 2.05. The zero-order valence-corrected chi connectivity index (χ0v) is 14.2. The maximum absolute atomic E-state index is 5.30. The summed E-state index contributed by atoms with van der Waals surface area (Å²) in [5.41, 5.74) is 2.16. The molecule has 1 aromatic carbocycles. The average Bonchev–Trinajstić information content (AvgIpc) is 3.35. The molecule has 0 aliphatic rings. The van der Waals surface area contributed by atoms with Crippen LogP contribution in [0.1, 0.15) is 24.6 Å². The Labute approximate surface area is 145 Å². The van der Waals surface area contributed by atoms with Crippen molar-refractivity contribution >= 4 is 11.0 Å². The van der Waals surface area contributed by atoms with Crippen molar-refractivity contribution in [1.82, 2.24) is 30.0 Å². The summed E-state index contributed by atoms with van der Waals surface area (Å²) in [5.74, 6) is 3.11. The van der Waals surface area contributed by atoms with Crippen molar-refractivity contribution in [3.8, 4) is 11.6 Å². The van der Waals surface area contributed by atoms with Crippen LogP contribution in [0.4, 0.5) is 0 Å². The molecule has 0 spiro atoms. The summed E-state index contributed by atoms with van der Waals surface area (Å²) in [6, 6.07) is 12.0. The fourth-order valence-electron chi connectivity index (χ4n) is 2.97. The lowest BCUT2D eigenvalue weighted by Gasteiger charge is -2.13. The third kappa shape index (κ3) is 3.06. The number of fused-ring (bicyclic) bond motifs is 1. The molecule has 7 nitrogen and oxygen atoms in total. The number of furan rings is 1. The number of nitrogens with zero attached hydrogens (tertiary/aromatic N) is 4. The smallest absolute Gasteiger partial charge is 0.216 e. The minimum absolute atomic E-state index is 0.143. The van der Waals surface area contributed by atoms with Crippen molar-refractivity contribution in [2.75, 3.05) is 6.54 Å². The molecule has 0 aliphatic carbocycles. The van der Waals surface area contributed by atoms with Gasteiger partial charge in [0.15, 0.2) is 5.76 Å². The standard InChI is InChI=1S/C18H20N6O/c1-12(18-20-13-6-3-4-7-14(13)24(18)2)19-10-9-16-21-17(23-22-16)15-8-5-11-25-15/h3-8,11-12,19H,9-10H2,1-2H3,(H,21,22,23)/t12-/m1/s1. The fraction of sp³-hybridized carbons (Fsp3) is 0.278. The Hall–Kier alpha value is -2.93. The number of aryl methyl sites for hydroxylation is 1. The van der Waals surface area contributed by atoms with E-state index in [1.54, 1.807) is 6.26 Å². The predicted octanol–water partition coefficient (Wildman–Crippen LogP) is 2.84. The fourth-order valence-corrected chi connectivity index (χ4v) is 2.97. The monoisotopic (exact) mass is 336 g/mol. The maximum Gasteiger partial charge on any atom is 0.216 e. The highest BCUT2D eigenvalue weighted by Gasteiger charge is 2.14. The van der Waals surface area contributed by atoms with Gasteiger partial charge in [-0.1, -0.05) is 12.1 Å². The van der Waals surface area contributed by atoms with E-state index < -0.39 is 0 Å². The van der Waals surface area contributed by atoms with Crippen LogP contribution in [-0.2, 0) is 13.5 Å². The first kappa shape index (κ1) is 15.6. The van der Waals surface area contributed by atoms with Gasteiger partial charge in [0.25, 0.3) is 0 Å². The second kappa shape index (κ2) is 6.52. The van der Waals surface area contributed by atoms with Gasteiger partial charge in [0.1, 0.15) is 11.6 Å². The lowest BCUT2D eigenvalue weighted by atomic mass is 10.3. The van der Waals surface area contributed by atoms with E-state index in [-0.39, 0.29) is 6.04 Å². The molecule has 4 aromatic rings. The average molecular weight is 336 g/mol. The number of aromatic nitrogens is 5. The third-order valence-corrected chi connectivity index (χ3v) is 4.29. The van der Waals surface area contributed by atoms with Gasteiger partial charge >= 0.3 is 0 Å². The molecule has 128 valence electrons. The summed E-state index contributed by atoms with van der Waals surface area (Å²) >= 11 is 0. The molecule has 2 N–H and O–H groups in total. The highest BCUT2D eigenvalue weighted by Crippen LogP contribution is 2.19. The number of aromatic amines is 1. The van der Waals surface area contributed by atoms with Gasteiger partial charge in [0, 0.05) is 20.0 Å². The van der Waals surface area contributed by atoms with Gasteiger partial charge in [-0.05, 0) is 31.2 Å². The van der Waals surface area contributed by atoms with Gasteiger partial charge < -0.3 is 14.3 Å². The summed E-state index contributed by atoms with van der Waals surface area (Å²) in [6.07, 6.45) is 2.37. The summed E-state index contributed by atoms with van der Waals surface area (Å²) in [4.78, 5) is 9.18. The van der Waals surface area contributed by atoms with Crippen LogP contribution in [0, 0.1) is 0 Å². The second-order valence-corrected chi connectivity index (χ2v) is 6.03. The van der Waals surface area contributed by atoms with E-state index in [4.69, 9.17) is 9.40 Å². The molecular weight excluding hydrogens is 316 g/mol. The lowest BCUT2D eigenvalue weighted by Crippen LogP contribution is -2.24. The normalized spacial score (nSPS) is 12.7. The van der Waals surface area contributed by atoms with E-state index in [1.165, 1.54) is 0 Å². The van der Waals surface area contributed by atoms with E-state index in [0.717, 1.165) is 35.6 Å². The summed E-state index contributed by atoms with van der Waals surface area (Å²) < 4.78 is 7.44. The first-order valence-corrected chi connectivity index (χ1v) is 8.32. The number of imidazole rings is 1. The van der Waals surface area contributed by atoms with Crippen molar-refractivity contribution in [2.24, 2.45) is 7.05 Å². The Morgan fingerprint density at radius 3 is 2.88 bits per heavy atom. The van der Waals surface area contributed by atoms with Crippen LogP contribution in [0.5, 0.6) is 0 Å². The zero-order chi connectivity index (χ0) is 17.2. The van der Waals surface area contributed by atoms with Crippen molar-refractivity contribution in [2.45, 2.75) is 19.4 Å². The van der Waals surface area contributed by atoms with E-state index in [0.29, 0.717) is 11.6 Å². The minimum atomic E-state index is 0.143. The largest absolute Gasteiger partial charge is 0.461 e. The molecule has 25 heavy (non-hydrogen) atoms. The van der Waals surface area contributed by atoms with Gasteiger partial charge in [0.2, 0.25) is 5.82 Å². The number of hydrogen-bond acceptors (Lipinski definition) is 5. The molecule has 0 saturated heterocycles. The minimum Gasteiger partial charge on any atom is -0.461 e. The Balaban J connectivity index is 1.39. The predicted molar refractivity (Wildman–Crippen MR) is 94.9 cm³/mol. The number of H-pyrrole nitrogens is 1.